The molecule has 6 heteroatoms. The minimum Gasteiger partial charge on any atom is -0.333 e. The summed E-state index contributed by atoms with van der Waals surface area (Å²) in [6.07, 6.45) is 47.4. The van der Waals surface area contributed by atoms with Gasteiger partial charge in [0.25, 0.3) is 0 Å². The lowest BCUT2D eigenvalue weighted by atomic mass is 9.93. The summed E-state index contributed by atoms with van der Waals surface area (Å²) in [5, 5.41) is 0. The van der Waals surface area contributed by atoms with E-state index in [2.05, 4.69) is 13.8 Å². The molecule has 0 radical (unpaired) electrons. The van der Waals surface area contributed by atoms with Gasteiger partial charge in [0.05, 0.1) is 31.8 Å². The molecule has 0 aromatic rings. The first kappa shape index (κ1) is 43.9. The molecule has 0 aromatic heterocycles. The van der Waals surface area contributed by atoms with Crippen molar-refractivity contribution in [1.29, 1.82) is 0 Å². The molecule has 4 nitrogen and oxygen atoms in total. The molecule has 0 saturated carbocycles. The Labute approximate surface area is 297 Å². The Kier molecular flexibility index (Phi) is 30.4. The zero-order chi connectivity index (χ0) is 33.4. The quantitative estimate of drug-likeness (QED) is 0.0495. The first-order valence-corrected chi connectivity index (χ1v) is 24.1. The van der Waals surface area contributed by atoms with Crippen molar-refractivity contribution in [1.82, 2.24) is 0 Å². The second-order valence-electron chi connectivity index (χ2n) is 15.3. The summed E-state index contributed by atoms with van der Waals surface area (Å²) in [7, 11) is -1.42. The van der Waals surface area contributed by atoms with Crippen LogP contribution >= 0.6 is 16.8 Å². The lowest BCUT2D eigenvalue weighted by molar-refractivity contribution is -0.0531. The molecule has 2 aliphatic heterocycles. The maximum atomic E-state index is 6.21. The summed E-state index contributed by atoms with van der Waals surface area (Å²) in [4.78, 5) is 0. The van der Waals surface area contributed by atoms with E-state index >= 15 is 0 Å². The summed E-state index contributed by atoms with van der Waals surface area (Å²) in [6, 6.07) is 0. The van der Waals surface area contributed by atoms with Crippen LogP contribution in [0.4, 0.5) is 0 Å². The van der Waals surface area contributed by atoms with Crippen LogP contribution in [-0.2, 0) is 18.1 Å². The fourth-order valence-electron chi connectivity index (χ4n) is 7.00. The van der Waals surface area contributed by atoms with Gasteiger partial charge in [0.2, 0.25) is 0 Å². The summed E-state index contributed by atoms with van der Waals surface area (Å²) < 4.78 is 24.9. The van der Waals surface area contributed by atoms with Crippen LogP contribution in [0.3, 0.4) is 0 Å². The molecule has 0 amide bonds. The predicted molar refractivity (Wildman–Crippen MR) is 209 cm³/mol. The van der Waals surface area contributed by atoms with E-state index in [1.54, 1.807) is 0 Å². The third-order valence-electron chi connectivity index (χ3n) is 10.4. The molecule has 1 spiro atoms. The van der Waals surface area contributed by atoms with Gasteiger partial charge in [-0.05, 0) is 12.8 Å². The van der Waals surface area contributed by atoms with Gasteiger partial charge in [0.1, 0.15) is 0 Å². The van der Waals surface area contributed by atoms with Crippen LogP contribution in [-0.4, -0.2) is 38.8 Å². The first-order chi connectivity index (χ1) is 23.3. The van der Waals surface area contributed by atoms with Crippen LogP contribution in [0.15, 0.2) is 0 Å². The van der Waals surface area contributed by atoms with E-state index in [0.29, 0.717) is 0 Å². The number of hydrogen-bond acceptors (Lipinski definition) is 4. The monoisotopic (exact) mass is 701 g/mol. The van der Waals surface area contributed by atoms with Gasteiger partial charge in [-0.25, -0.2) is 0 Å². The van der Waals surface area contributed by atoms with E-state index in [1.807, 2.05) is 0 Å². The van der Waals surface area contributed by atoms with E-state index in [1.165, 1.54) is 205 Å². The maximum Gasteiger partial charge on any atom is 0.170 e. The Hall–Kier alpha value is 0.700. The molecule has 2 saturated heterocycles. The molecular formula is C41H82O4P2. The van der Waals surface area contributed by atoms with Gasteiger partial charge in [0, 0.05) is 12.3 Å². The average Bonchev–Trinajstić information content (AvgIpc) is 3.09. The zero-order valence-electron chi connectivity index (χ0n) is 31.9. The minimum atomic E-state index is -0.708. The second kappa shape index (κ2) is 32.6. The summed E-state index contributed by atoms with van der Waals surface area (Å²) >= 11 is 0. The molecule has 280 valence electrons. The van der Waals surface area contributed by atoms with Crippen LogP contribution in [0.1, 0.15) is 219 Å². The lowest BCUT2D eigenvalue weighted by Crippen LogP contribution is -2.44. The van der Waals surface area contributed by atoms with Crippen molar-refractivity contribution in [2.24, 2.45) is 5.41 Å². The molecule has 0 unspecified atom stereocenters. The molecule has 47 heavy (non-hydrogen) atoms. The smallest absolute Gasteiger partial charge is 0.170 e. The van der Waals surface area contributed by atoms with E-state index in [4.69, 9.17) is 18.1 Å². The van der Waals surface area contributed by atoms with Gasteiger partial charge in [0.15, 0.2) is 16.8 Å². The Morgan fingerprint density at radius 1 is 0.298 bits per heavy atom. The van der Waals surface area contributed by atoms with Crippen LogP contribution in [0.25, 0.3) is 0 Å². The van der Waals surface area contributed by atoms with E-state index < -0.39 is 16.8 Å². The highest BCUT2D eigenvalue weighted by Crippen LogP contribution is 2.52. The van der Waals surface area contributed by atoms with Crippen molar-refractivity contribution in [2.75, 3.05) is 38.8 Å². The zero-order valence-corrected chi connectivity index (χ0v) is 33.7. The van der Waals surface area contributed by atoms with Gasteiger partial charge in [-0.2, -0.15) is 0 Å². The molecule has 2 aliphatic rings. The van der Waals surface area contributed by atoms with Gasteiger partial charge in [-0.15, -0.1) is 0 Å². The molecule has 2 fully saturated rings. The second-order valence-corrected chi connectivity index (χ2v) is 18.6. The molecule has 0 bridgehead atoms. The molecule has 2 rings (SSSR count). The van der Waals surface area contributed by atoms with E-state index in [9.17, 15) is 0 Å². The van der Waals surface area contributed by atoms with Crippen molar-refractivity contribution in [3.63, 3.8) is 0 Å². The predicted octanol–water partition coefficient (Wildman–Crippen LogP) is 15.2. The minimum absolute atomic E-state index is 0.0685. The van der Waals surface area contributed by atoms with Crippen molar-refractivity contribution < 1.29 is 18.1 Å². The first-order valence-electron chi connectivity index (χ1n) is 21.3. The van der Waals surface area contributed by atoms with Crippen LogP contribution < -0.4 is 0 Å². The Bertz CT molecular complexity index is 577. The highest BCUT2D eigenvalue weighted by Gasteiger charge is 2.42. The number of hydrogen-bond donors (Lipinski definition) is 0. The highest BCUT2D eigenvalue weighted by molar-refractivity contribution is 7.47. The van der Waals surface area contributed by atoms with Crippen molar-refractivity contribution in [3.05, 3.63) is 0 Å². The Morgan fingerprint density at radius 3 is 0.702 bits per heavy atom. The van der Waals surface area contributed by atoms with Crippen LogP contribution in [0.5, 0.6) is 0 Å². The van der Waals surface area contributed by atoms with Gasteiger partial charge in [-0.3, -0.25) is 0 Å². The Balaban J connectivity index is 1.29. The van der Waals surface area contributed by atoms with Crippen LogP contribution in [0, 0.1) is 5.41 Å². The summed E-state index contributed by atoms with van der Waals surface area (Å²) in [5.41, 5.74) is -0.0685. The van der Waals surface area contributed by atoms with E-state index in [-0.39, 0.29) is 5.41 Å². The maximum absolute atomic E-state index is 6.21. The molecule has 0 aliphatic carbocycles. The van der Waals surface area contributed by atoms with Crippen molar-refractivity contribution in [3.8, 4) is 0 Å². The summed E-state index contributed by atoms with van der Waals surface area (Å²) in [5.74, 6) is 0. The van der Waals surface area contributed by atoms with Crippen LogP contribution in [0.2, 0.25) is 0 Å². The largest absolute Gasteiger partial charge is 0.333 e. The molecule has 0 N–H and O–H groups in total. The third kappa shape index (κ3) is 25.3. The normalized spacial score (nSPS) is 21.6. The van der Waals surface area contributed by atoms with Gasteiger partial charge < -0.3 is 18.1 Å². The number of unbranched alkanes of at least 4 members (excludes halogenated alkanes) is 30. The van der Waals surface area contributed by atoms with Crippen molar-refractivity contribution in [2.45, 2.75) is 219 Å². The standard InChI is InChI=1S/C41H82O4P2/c1-3-5-7-9-11-13-15-17-19-21-23-25-27-29-31-33-35-46-42-37-41(38-43-46)39-44-47(45-40-41)36-34-32-30-28-26-24-22-20-18-16-14-12-10-8-6-4-2/h3-40H2,1-2H3. The third-order valence-corrected chi connectivity index (χ3v) is 13.5. The fourth-order valence-corrected chi connectivity index (χ4v) is 10.3. The van der Waals surface area contributed by atoms with Crippen molar-refractivity contribution >= 4 is 16.8 Å². The molecule has 0 atom stereocenters. The molecule has 2 heterocycles. The molecular weight excluding hydrogens is 618 g/mol. The highest BCUT2D eigenvalue weighted by atomic mass is 31.2. The lowest BCUT2D eigenvalue weighted by Gasteiger charge is -2.43. The SMILES string of the molecule is CCCCCCCCCCCCCCCCCCP1OCC2(CO1)COP(CCCCCCCCCCCCCCCCCC)OC2. The Morgan fingerprint density at radius 2 is 0.489 bits per heavy atom. The van der Waals surface area contributed by atoms with Gasteiger partial charge in [-0.1, -0.05) is 206 Å². The molecule has 0 aromatic carbocycles. The average molecular weight is 701 g/mol. The topological polar surface area (TPSA) is 36.9 Å². The van der Waals surface area contributed by atoms with Gasteiger partial charge >= 0.3 is 0 Å². The summed E-state index contributed by atoms with van der Waals surface area (Å²) in [6.45, 7) is 7.60. The number of rotatable bonds is 34. The van der Waals surface area contributed by atoms with E-state index in [0.717, 1.165) is 38.8 Å². The fraction of sp³-hybridized carbons (Fsp3) is 1.00.